The summed E-state index contributed by atoms with van der Waals surface area (Å²) in [6, 6.07) is 8.67. The van der Waals surface area contributed by atoms with Crippen molar-refractivity contribution < 1.29 is 23.9 Å². The van der Waals surface area contributed by atoms with Crippen LogP contribution in [0.25, 0.3) is 0 Å². The van der Waals surface area contributed by atoms with E-state index in [1.165, 1.54) is 7.11 Å². The molecule has 29 heavy (non-hydrogen) atoms. The van der Waals surface area contributed by atoms with Gasteiger partial charge < -0.3 is 19.3 Å². The first-order valence-corrected chi connectivity index (χ1v) is 9.69. The fraction of sp³-hybridized carbons (Fsp3) is 0.500. The Labute approximate surface area is 169 Å². The summed E-state index contributed by atoms with van der Waals surface area (Å²) in [6.07, 6.45) is 0.190. The van der Waals surface area contributed by atoms with Gasteiger partial charge in [0, 0.05) is 39.7 Å². The first kappa shape index (κ1) is 20.8. The molecule has 0 saturated carbocycles. The molecular weight excluding hydrogens is 376 g/mol. The first-order valence-electron chi connectivity index (χ1n) is 9.69. The van der Waals surface area contributed by atoms with E-state index in [9.17, 15) is 14.4 Å². The highest BCUT2D eigenvalue weighted by atomic mass is 16.5. The number of amides is 2. The van der Waals surface area contributed by atoms with E-state index in [-0.39, 0.29) is 37.2 Å². The average molecular weight is 402 g/mol. The fourth-order valence-electron chi connectivity index (χ4n) is 3.46. The van der Waals surface area contributed by atoms with Gasteiger partial charge in [-0.1, -0.05) is 18.2 Å². The second-order valence-electron chi connectivity index (χ2n) is 6.81. The van der Waals surface area contributed by atoms with Gasteiger partial charge in [0.15, 0.2) is 0 Å². The zero-order valence-electron chi connectivity index (χ0n) is 16.7. The van der Waals surface area contributed by atoms with Crippen molar-refractivity contribution >= 4 is 29.2 Å². The van der Waals surface area contributed by atoms with Crippen molar-refractivity contribution in [2.75, 3.05) is 51.5 Å². The van der Waals surface area contributed by atoms with Crippen molar-refractivity contribution in [3.8, 4) is 0 Å². The third kappa shape index (κ3) is 4.73. The molecule has 0 radical (unpaired) electrons. The number of hydrogen-bond donors (Lipinski definition) is 0. The number of esters is 1. The molecule has 2 aliphatic heterocycles. The molecule has 1 saturated heterocycles. The molecule has 1 atom stereocenters. The molecule has 0 bridgehead atoms. The molecule has 9 nitrogen and oxygen atoms in total. The number of carbonyl (C=O) groups excluding carboxylic acids is 3. The average Bonchev–Trinajstić information content (AvgIpc) is 3.20. The number of carbonyl (C=O) groups is 3. The van der Waals surface area contributed by atoms with Crippen LogP contribution in [0.1, 0.15) is 13.3 Å². The van der Waals surface area contributed by atoms with E-state index < -0.39 is 12.0 Å². The monoisotopic (exact) mass is 402 g/mol. The minimum atomic E-state index is -0.613. The van der Waals surface area contributed by atoms with E-state index in [0.29, 0.717) is 26.2 Å². The zero-order chi connectivity index (χ0) is 20.8. The van der Waals surface area contributed by atoms with Gasteiger partial charge in [-0.2, -0.15) is 5.10 Å². The van der Waals surface area contributed by atoms with Crippen LogP contribution >= 0.6 is 0 Å². The van der Waals surface area contributed by atoms with Gasteiger partial charge in [-0.05, 0) is 19.1 Å². The Bertz CT molecular complexity index is 774. The summed E-state index contributed by atoms with van der Waals surface area (Å²) in [5.41, 5.74) is 0.974. The minimum absolute atomic E-state index is 0.0368. The summed E-state index contributed by atoms with van der Waals surface area (Å²) in [7, 11) is 1.48. The molecule has 2 aliphatic rings. The van der Waals surface area contributed by atoms with E-state index in [4.69, 9.17) is 9.47 Å². The van der Waals surface area contributed by atoms with Gasteiger partial charge in [0.25, 0.3) is 0 Å². The number of rotatable bonds is 6. The van der Waals surface area contributed by atoms with Crippen molar-refractivity contribution in [3.05, 3.63) is 30.3 Å². The van der Waals surface area contributed by atoms with Gasteiger partial charge in [0.05, 0.1) is 12.3 Å². The Balaban J connectivity index is 1.72. The van der Waals surface area contributed by atoms with E-state index >= 15 is 0 Å². The third-order valence-electron chi connectivity index (χ3n) is 4.94. The number of anilines is 1. The quantitative estimate of drug-likeness (QED) is 0.644. The molecule has 2 amide bonds. The van der Waals surface area contributed by atoms with Crippen LogP contribution in [0, 0.1) is 0 Å². The van der Waals surface area contributed by atoms with Gasteiger partial charge in [-0.25, -0.2) is 4.79 Å². The molecule has 0 spiro atoms. The van der Waals surface area contributed by atoms with Gasteiger partial charge in [0.1, 0.15) is 18.4 Å². The first-order chi connectivity index (χ1) is 14.0. The molecule has 0 aromatic heterocycles. The van der Waals surface area contributed by atoms with E-state index in [0.717, 1.165) is 5.69 Å². The number of nitrogens with zero attached hydrogens (tertiary/aromatic N) is 4. The van der Waals surface area contributed by atoms with Gasteiger partial charge in [0.2, 0.25) is 11.8 Å². The van der Waals surface area contributed by atoms with Crippen molar-refractivity contribution in [3.63, 3.8) is 0 Å². The molecule has 1 aromatic carbocycles. The summed E-state index contributed by atoms with van der Waals surface area (Å²) in [5, 5.41) is 5.98. The Morgan fingerprint density at radius 1 is 1.07 bits per heavy atom. The second-order valence-corrected chi connectivity index (χ2v) is 6.81. The molecule has 1 unspecified atom stereocenters. The highest BCUT2D eigenvalue weighted by Crippen LogP contribution is 2.26. The molecule has 0 N–H and O–H groups in total. The van der Waals surface area contributed by atoms with Crippen LogP contribution in [0.5, 0.6) is 0 Å². The van der Waals surface area contributed by atoms with Crippen LogP contribution in [0.2, 0.25) is 0 Å². The highest BCUT2D eigenvalue weighted by molar-refractivity contribution is 6.38. The lowest BCUT2D eigenvalue weighted by Crippen LogP contribution is -2.55. The van der Waals surface area contributed by atoms with Crippen LogP contribution in [0.15, 0.2) is 35.4 Å². The number of ether oxygens (including phenoxy) is 2. The van der Waals surface area contributed by atoms with Crippen molar-refractivity contribution in [1.82, 2.24) is 9.80 Å². The molecule has 2 heterocycles. The van der Waals surface area contributed by atoms with Crippen LogP contribution in [0.3, 0.4) is 0 Å². The summed E-state index contributed by atoms with van der Waals surface area (Å²) < 4.78 is 9.96. The van der Waals surface area contributed by atoms with Crippen molar-refractivity contribution in [2.45, 2.75) is 19.4 Å². The normalized spacial score (nSPS) is 19.2. The number of hydrazone groups is 1. The molecular formula is C20H26N4O5. The summed E-state index contributed by atoms with van der Waals surface area (Å²) in [6.45, 7) is 3.79. The Morgan fingerprint density at radius 3 is 2.34 bits per heavy atom. The lowest BCUT2D eigenvalue weighted by molar-refractivity contribution is -0.142. The van der Waals surface area contributed by atoms with Crippen LogP contribution in [0.4, 0.5) is 5.69 Å². The number of benzene rings is 1. The predicted molar refractivity (Wildman–Crippen MR) is 106 cm³/mol. The maximum Gasteiger partial charge on any atom is 0.354 e. The number of piperazine rings is 1. The fourth-order valence-corrected chi connectivity index (χ4v) is 3.46. The Hall–Kier alpha value is -2.94. The Morgan fingerprint density at radius 2 is 1.72 bits per heavy atom. The molecule has 1 fully saturated rings. The largest absolute Gasteiger partial charge is 0.461 e. The molecule has 0 aliphatic carbocycles. The van der Waals surface area contributed by atoms with Crippen LogP contribution in [-0.2, 0) is 23.9 Å². The molecule has 1 aromatic rings. The Kier molecular flexibility index (Phi) is 6.82. The van der Waals surface area contributed by atoms with E-state index in [2.05, 4.69) is 5.10 Å². The topological polar surface area (TPSA) is 91.8 Å². The zero-order valence-corrected chi connectivity index (χ0v) is 16.7. The van der Waals surface area contributed by atoms with Crippen LogP contribution < -0.4 is 5.01 Å². The smallest absolute Gasteiger partial charge is 0.354 e. The van der Waals surface area contributed by atoms with Gasteiger partial charge in [-0.15, -0.1) is 0 Å². The minimum Gasteiger partial charge on any atom is -0.461 e. The maximum atomic E-state index is 13.2. The van der Waals surface area contributed by atoms with Crippen molar-refractivity contribution in [2.24, 2.45) is 5.10 Å². The molecule has 3 rings (SSSR count). The standard InChI is InChI=1S/C20H26N4O5/c1-3-29-20(27)16-13-17(24(21-16)15-7-5-4-6-8-15)19(26)23-11-9-22(10-12-23)18(25)14-28-2/h4-8,17H,3,9-14H2,1-2H3. The lowest BCUT2D eigenvalue weighted by atomic mass is 10.1. The second kappa shape index (κ2) is 9.51. The van der Waals surface area contributed by atoms with E-state index in [1.807, 2.05) is 30.3 Å². The van der Waals surface area contributed by atoms with Gasteiger partial charge in [-0.3, -0.25) is 14.6 Å². The number of para-hydroxylation sites is 1. The maximum absolute atomic E-state index is 13.2. The SMILES string of the molecule is CCOC(=O)C1=NN(c2ccccc2)C(C(=O)N2CCN(C(=O)COC)CC2)C1. The molecule has 156 valence electrons. The third-order valence-corrected chi connectivity index (χ3v) is 4.94. The predicted octanol–water partition coefficient (Wildman–Crippen LogP) is 0.502. The van der Waals surface area contributed by atoms with Gasteiger partial charge >= 0.3 is 5.97 Å². The highest BCUT2D eigenvalue weighted by Gasteiger charge is 2.39. The number of hydrogen-bond acceptors (Lipinski definition) is 7. The van der Waals surface area contributed by atoms with E-state index in [1.54, 1.807) is 21.7 Å². The van der Waals surface area contributed by atoms with Crippen molar-refractivity contribution in [1.29, 1.82) is 0 Å². The summed E-state index contributed by atoms with van der Waals surface area (Å²) in [5.74, 6) is -0.700. The summed E-state index contributed by atoms with van der Waals surface area (Å²) >= 11 is 0. The lowest BCUT2D eigenvalue weighted by Gasteiger charge is -2.37. The van der Waals surface area contributed by atoms with Crippen LogP contribution in [-0.4, -0.2) is 85.8 Å². The number of methoxy groups -OCH3 is 1. The summed E-state index contributed by atoms with van der Waals surface area (Å²) in [4.78, 5) is 40.8. The molecule has 9 heteroatoms.